The van der Waals surface area contributed by atoms with E-state index in [-0.39, 0.29) is 0 Å². The second-order valence-electron chi connectivity index (χ2n) is 7.70. The first kappa shape index (κ1) is 18.5. The molecule has 0 N–H and O–H groups in total. The van der Waals surface area contributed by atoms with E-state index < -0.39 is 0 Å². The molecule has 0 spiro atoms. The zero-order valence-electron chi connectivity index (χ0n) is 16.2. The number of piperazine rings is 1. The normalized spacial score (nSPS) is 23.4. The van der Waals surface area contributed by atoms with Crippen LogP contribution in [-0.2, 0) is 4.74 Å². The Hall–Kier alpha value is -1.24. The summed E-state index contributed by atoms with van der Waals surface area (Å²) in [7, 11) is 0. The Morgan fingerprint density at radius 3 is 2.48 bits per heavy atom. The van der Waals surface area contributed by atoms with Crippen LogP contribution in [0.2, 0.25) is 0 Å². The lowest BCUT2D eigenvalue weighted by Crippen LogP contribution is -2.50. The van der Waals surface area contributed by atoms with Crippen molar-refractivity contribution >= 4 is 5.95 Å². The molecule has 1 unspecified atom stereocenters. The number of hydrogen-bond acceptors (Lipinski definition) is 6. The van der Waals surface area contributed by atoms with E-state index in [0.717, 1.165) is 76.3 Å². The SMILES string of the molecule is Cc1cc(C(C)C)nc(N2CCN(CCN3CCOC(C)C3)CC2)n1. The summed E-state index contributed by atoms with van der Waals surface area (Å²) in [6.07, 6.45) is 0.374. The Bertz CT molecular complexity index is 557. The average molecular weight is 348 g/mol. The summed E-state index contributed by atoms with van der Waals surface area (Å²) in [4.78, 5) is 16.9. The minimum absolute atomic E-state index is 0.374. The number of rotatable bonds is 5. The van der Waals surface area contributed by atoms with Crippen LogP contribution >= 0.6 is 0 Å². The first-order valence-corrected chi connectivity index (χ1v) is 9.68. The Balaban J connectivity index is 1.48. The standard InChI is InChI=1S/C19H33N5O/c1-15(2)18-13-16(3)20-19(21-18)24-9-7-22(8-10-24)5-6-23-11-12-25-17(4)14-23/h13,15,17H,5-12,14H2,1-4H3. The van der Waals surface area contributed by atoms with Crippen molar-refractivity contribution in [2.75, 3.05) is 63.9 Å². The van der Waals surface area contributed by atoms with E-state index in [4.69, 9.17) is 9.72 Å². The Kier molecular flexibility index (Phi) is 6.25. The van der Waals surface area contributed by atoms with Crippen molar-refractivity contribution in [2.45, 2.75) is 39.7 Å². The summed E-state index contributed by atoms with van der Waals surface area (Å²) in [6.45, 7) is 18.1. The van der Waals surface area contributed by atoms with Gasteiger partial charge in [0.1, 0.15) is 0 Å². The Morgan fingerprint density at radius 1 is 1.08 bits per heavy atom. The maximum absolute atomic E-state index is 5.62. The number of aromatic nitrogens is 2. The molecule has 0 saturated carbocycles. The average Bonchev–Trinajstić information content (AvgIpc) is 2.60. The number of anilines is 1. The lowest BCUT2D eigenvalue weighted by molar-refractivity contribution is -0.0207. The molecule has 2 saturated heterocycles. The molecule has 3 heterocycles. The third kappa shape index (κ3) is 5.12. The monoisotopic (exact) mass is 347 g/mol. The molecule has 1 atom stereocenters. The molecule has 6 nitrogen and oxygen atoms in total. The maximum atomic E-state index is 5.62. The highest BCUT2D eigenvalue weighted by Gasteiger charge is 2.22. The first-order valence-electron chi connectivity index (χ1n) is 9.68. The number of nitrogens with zero attached hydrogens (tertiary/aromatic N) is 5. The summed E-state index contributed by atoms with van der Waals surface area (Å²) in [6, 6.07) is 2.10. The smallest absolute Gasteiger partial charge is 0.225 e. The fourth-order valence-corrected chi connectivity index (χ4v) is 3.56. The van der Waals surface area contributed by atoms with Crippen LogP contribution in [0.5, 0.6) is 0 Å². The summed E-state index contributed by atoms with van der Waals surface area (Å²) < 4.78 is 5.62. The number of ether oxygens (including phenoxy) is 1. The van der Waals surface area contributed by atoms with Crippen LogP contribution in [0, 0.1) is 6.92 Å². The molecule has 1 aromatic heterocycles. The first-order chi connectivity index (χ1) is 12.0. The van der Waals surface area contributed by atoms with Gasteiger partial charge in [0, 0.05) is 63.7 Å². The predicted molar refractivity (Wildman–Crippen MR) is 101 cm³/mol. The van der Waals surface area contributed by atoms with Crippen molar-refractivity contribution in [3.8, 4) is 0 Å². The number of aryl methyl sites for hydroxylation is 1. The molecule has 140 valence electrons. The van der Waals surface area contributed by atoms with E-state index in [2.05, 4.69) is 53.4 Å². The third-order valence-corrected chi connectivity index (χ3v) is 5.17. The zero-order valence-corrected chi connectivity index (χ0v) is 16.2. The van der Waals surface area contributed by atoms with Gasteiger partial charge in [0.25, 0.3) is 0 Å². The van der Waals surface area contributed by atoms with Crippen molar-refractivity contribution in [1.29, 1.82) is 0 Å². The molecule has 0 aromatic carbocycles. The molecular weight excluding hydrogens is 314 g/mol. The van der Waals surface area contributed by atoms with Gasteiger partial charge >= 0.3 is 0 Å². The van der Waals surface area contributed by atoms with Gasteiger partial charge in [-0.1, -0.05) is 13.8 Å². The van der Waals surface area contributed by atoms with Crippen LogP contribution < -0.4 is 4.90 Å². The van der Waals surface area contributed by atoms with E-state index in [0.29, 0.717) is 12.0 Å². The minimum Gasteiger partial charge on any atom is -0.376 e. The van der Waals surface area contributed by atoms with Gasteiger partial charge < -0.3 is 9.64 Å². The van der Waals surface area contributed by atoms with Gasteiger partial charge in [0.15, 0.2) is 0 Å². The number of morpholine rings is 1. The van der Waals surface area contributed by atoms with Crippen LogP contribution in [0.3, 0.4) is 0 Å². The van der Waals surface area contributed by atoms with Gasteiger partial charge in [0.2, 0.25) is 5.95 Å². The predicted octanol–water partition coefficient (Wildman–Crippen LogP) is 1.75. The van der Waals surface area contributed by atoms with Crippen molar-refractivity contribution in [2.24, 2.45) is 0 Å². The fourth-order valence-electron chi connectivity index (χ4n) is 3.56. The Labute approximate surface area is 152 Å². The summed E-state index contributed by atoms with van der Waals surface area (Å²) in [5.41, 5.74) is 2.21. The van der Waals surface area contributed by atoms with Gasteiger partial charge in [-0.2, -0.15) is 0 Å². The second kappa shape index (κ2) is 8.43. The van der Waals surface area contributed by atoms with Gasteiger partial charge in [0.05, 0.1) is 12.7 Å². The van der Waals surface area contributed by atoms with E-state index in [1.165, 1.54) is 0 Å². The van der Waals surface area contributed by atoms with Crippen LogP contribution in [0.1, 0.15) is 38.1 Å². The molecule has 2 aliphatic rings. The van der Waals surface area contributed by atoms with Gasteiger partial charge in [-0.25, -0.2) is 9.97 Å². The largest absolute Gasteiger partial charge is 0.376 e. The van der Waals surface area contributed by atoms with E-state index >= 15 is 0 Å². The molecule has 25 heavy (non-hydrogen) atoms. The minimum atomic E-state index is 0.374. The third-order valence-electron chi connectivity index (χ3n) is 5.17. The van der Waals surface area contributed by atoms with Crippen molar-refractivity contribution in [3.63, 3.8) is 0 Å². The van der Waals surface area contributed by atoms with Crippen molar-refractivity contribution in [3.05, 3.63) is 17.5 Å². The quantitative estimate of drug-likeness (QED) is 0.809. The maximum Gasteiger partial charge on any atom is 0.225 e. The van der Waals surface area contributed by atoms with E-state index in [9.17, 15) is 0 Å². The molecule has 0 radical (unpaired) electrons. The highest BCUT2D eigenvalue weighted by Crippen LogP contribution is 2.18. The van der Waals surface area contributed by atoms with E-state index in [1.54, 1.807) is 0 Å². The second-order valence-corrected chi connectivity index (χ2v) is 7.70. The molecule has 3 rings (SSSR count). The summed E-state index contributed by atoms with van der Waals surface area (Å²) >= 11 is 0. The Morgan fingerprint density at radius 2 is 1.80 bits per heavy atom. The lowest BCUT2D eigenvalue weighted by atomic mass is 10.1. The van der Waals surface area contributed by atoms with Gasteiger partial charge in [-0.15, -0.1) is 0 Å². The van der Waals surface area contributed by atoms with Crippen molar-refractivity contribution < 1.29 is 4.74 Å². The molecular formula is C19H33N5O. The van der Waals surface area contributed by atoms with Gasteiger partial charge in [-0.05, 0) is 25.8 Å². The van der Waals surface area contributed by atoms with Gasteiger partial charge in [-0.3, -0.25) is 9.80 Å². The molecule has 6 heteroatoms. The molecule has 2 aliphatic heterocycles. The van der Waals surface area contributed by atoms with Crippen LogP contribution in [0.25, 0.3) is 0 Å². The zero-order chi connectivity index (χ0) is 17.8. The molecule has 1 aromatic rings. The topological polar surface area (TPSA) is 44.7 Å². The highest BCUT2D eigenvalue weighted by molar-refractivity contribution is 5.33. The fraction of sp³-hybridized carbons (Fsp3) is 0.789. The molecule has 0 aliphatic carbocycles. The van der Waals surface area contributed by atoms with Crippen LogP contribution in [0.4, 0.5) is 5.95 Å². The highest BCUT2D eigenvalue weighted by atomic mass is 16.5. The van der Waals surface area contributed by atoms with Crippen LogP contribution in [-0.4, -0.2) is 84.8 Å². The molecule has 0 amide bonds. The molecule has 0 bridgehead atoms. The summed E-state index contributed by atoms with van der Waals surface area (Å²) in [5.74, 6) is 1.35. The van der Waals surface area contributed by atoms with Crippen molar-refractivity contribution in [1.82, 2.24) is 19.8 Å². The molecule has 2 fully saturated rings. The summed E-state index contributed by atoms with van der Waals surface area (Å²) in [5, 5.41) is 0. The van der Waals surface area contributed by atoms with Crippen LogP contribution in [0.15, 0.2) is 6.07 Å². The lowest BCUT2D eigenvalue weighted by Gasteiger charge is -2.37. The number of hydrogen-bond donors (Lipinski definition) is 0. The van der Waals surface area contributed by atoms with E-state index in [1.807, 2.05) is 0 Å².